The number of aliphatic hydroxyl groups is 1. The second-order valence-corrected chi connectivity index (χ2v) is 9.39. The molecule has 1 aromatic carbocycles. The van der Waals surface area contributed by atoms with Gasteiger partial charge in [0.25, 0.3) is 5.91 Å². The molecule has 1 N–H and O–H groups in total. The molecule has 0 radical (unpaired) electrons. The maximum Gasteiger partial charge on any atom is 0.251 e. The lowest BCUT2D eigenvalue weighted by Crippen LogP contribution is -2.65. The molecule has 3 heterocycles. The van der Waals surface area contributed by atoms with E-state index in [0.29, 0.717) is 23.3 Å². The number of pyridine rings is 1. The Morgan fingerprint density at radius 1 is 1.37 bits per heavy atom. The Kier molecular flexibility index (Phi) is 5.55. The predicted octanol–water partition coefficient (Wildman–Crippen LogP) is 4.03. The largest absolute Gasteiger partial charge is 0.512 e. The number of piperazine rings is 1. The van der Waals surface area contributed by atoms with E-state index in [2.05, 4.69) is 11.6 Å². The van der Waals surface area contributed by atoms with Crippen molar-refractivity contribution in [3.05, 3.63) is 65.3 Å². The number of rotatable bonds is 2. The van der Waals surface area contributed by atoms with E-state index < -0.39 is 23.9 Å². The molecule has 182 valence electrons. The molecule has 1 aliphatic carbocycles. The fraction of sp³-hybridized carbons (Fsp3) is 0.320. The van der Waals surface area contributed by atoms with Crippen molar-refractivity contribution >= 4 is 45.7 Å². The molecule has 1 fully saturated rings. The third-order valence-corrected chi connectivity index (χ3v) is 7.33. The van der Waals surface area contributed by atoms with Gasteiger partial charge in [0.1, 0.15) is 23.5 Å². The number of benzene rings is 1. The lowest BCUT2D eigenvalue weighted by atomic mass is 9.87. The molecule has 2 unspecified atom stereocenters. The smallest absolute Gasteiger partial charge is 0.251 e. The first-order valence-electron chi connectivity index (χ1n) is 11.1. The third-order valence-electron chi connectivity index (χ3n) is 7.01. The van der Waals surface area contributed by atoms with Crippen LogP contribution >= 0.6 is 11.6 Å². The Hall–Kier alpha value is -3.46. The van der Waals surface area contributed by atoms with Gasteiger partial charge in [-0.05, 0) is 31.2 Å². The average Bonchev–Trinajstić information content (AvgIpc) is 2.83. The van der Waals surface area contributed by atoms with E-state index in [-0.39, 0.29) is 46.3 Å². The third kappa shape index (κ3) is 3.40. The van der Waals surface area contributed by atoms with Gasteiger partial charge in [0.05, 0.1) is 30.0 Å². The Balaban J connectivity index is 1.69. The SMILES string of the molecule is C=CC(=O)N1C[C@@H]2C(=O)N(C)c3cnc4c(F)c(C5C(O)=CC=CC5F)c(Cl)cc4c3N2C[C@H]1C. The fourth-order valence-electron chi connectivity index (χ4n) is 5.23. The van der Waals surface area contributed by atoms with Crippen molar-refractivity contribution in [1.82, 2.24) is 9.88 Å². The van der Waals surface area contributed by atoms with Crippen molar-refractivity contribution in [3.8, 4) is 0 Å². The van der Waals surface area contributed by atoms with E-state index in [0.717, 1.165) is 0 Å². The topological polar surface area (TPSA) is 77.0 Å². The summed E-state index contributed by atoms with van der Waals surface area (Å²) in [6, 6.07) is 0.573. The van der Waals surface area contributed by atoms with E-state index in [4.69, 9.17) is 11.6 Å². The van der Waals surface area contributed by atoms with Gasteiger partial charge in [-0.15, -0.1) is 0 Å². The lowest BCUT2D eigenvalue weighted by molar-refractivity contribution is -0.130. The quantitative estimate of drug-likeness (QED) is 0.630. The zero-order valence-electron chi connectivity index (χ0n) is 19.1. The van der Waals surface area contributed by atoms with Crippen molar-refractivity contribution < 1.29 is 23.5 Å². The molecular weight excluding hydrogens is 478 g/mol. The summed E-state index contributed by atoms with van der Waals surface area (Å²) in [4.78, 5) is 34.7. The van der Waals surface area contributed by atoms with Gasteiger partial charge < -0.3 is 19.8 Å². The summed E-state index contributed by atoms with van der Waals surface area (Å²) in [5, 5.41) is 10.6. The Bertz CT molecular complexity index is 1340. The van der Waals surface area contributed by atoms with E-state index in [9.17, 15) is 19.1 Å². The highest BCUT2D eigenvalue weighted by Gasteiger charge is 2.44. The van der Waals surface area contributed by atoms with Crippen LogP contribution in [0.4, 0.5) is 20.2 Å². The first-order valence-corrected chi connectivity index (χ1v) is 11.5. The zero-order valence-corrected chi connectivity index (χ0v) is 19.8. The molecule has 0 spiro atoms. The van der Waals surface area contributed by atoms with Crippen LogP contribution < -0.4 is 9.80 Å². The monoisotopic (exact) mass is 500 g/mol. The molecule has 10 heteroatoms. The van der Waals surface area contributed by atoms with Crippen molar-refractivity contribution in [2.75, 3.05) is 29.9 Å². The van der Waals surface area contributed by atoms with Gasteiger partial charge in [-0.3, -0.25) is 14.6 Å². The molecular formula is C25H23ClF2N4O3. The van der Waals surface area contributed by atoms with E-state index in [1.165, 1.54) is 41.5 Å². The summed E-state index contributed by atoms with van der Waals surface area (Å²) in [6.45, 7) is 5.87. The summed E-state index contributed by atoms with van der Waals surface area (Å²) in [5.41, 5.74) is 0.816. The maximum absolute atomic E-state index is 15.9. The van der Waals surface area contributed by atoms with Crippen LogP contribution in [0.15, 0.2) is 48.9 Å². The molecule has 2 amide bonds. The normalized spacial score (nSPS) is 25.9. The van der Waals surface area contributed by atoms with Crippen LogP contribution in [-0.4, -0.2) is 65.2 Å². The van der Waals surface area contributed by atoms with Crippen LogP contribution in [0.5, 0.6) is 0 Å². The molecule has 7 nitrogen and oxygen atoms in total. The number of amides is 2. The number of halogens is 3. The number of nitrogens with zero attached hydrogens (tertiary/aromatic N) is 4. The first-order chi connectivity index (χ1) is 16.6. The molecule has 0 saturated carbocycles. The number of carbonyl (C=O) groups excluding carboxylic acids is 2. The highest BCUT2D eigenvalue weighted by Crippen LogP contribution is 2.46. The second-order valence-electron chi connectivity index (χ2n) is 8.98. The van der Waals surface area contributed by atoms with Crippen molar-refractivity contribution in [2.24, 2.45) is 0 Å². The standard InChI is InChI=1S/C25H23ClF2N4O3/c1-4-19(34)31-11-17-25(35)30(3)16-9-29-23-13(24(16)32(17)10-12(31)2)8-14(26)20(22(23)28)21-15(27)6-5-7-18(21)33/h4-9,12,15,17,21,33H,1,10-11H2,2-3H3/t12-,15?,17-,21?/m1/s1. The number of fused-ring (bicyclic) bond motifs is 5. The number of alkyl halides is 1. The Morgan fingerprint density at radius 3 is 2.80 bits per heavy atom. The number of carbonyl (C=O) groups is 2. The van der Waals surface area contributed by atoms with Crippen LogP contribution in [-0.2, 0) is 9.59 Å². The van der Waals surface area contributed by atoms with Crippen LogP contribution in [0, 0.1) is 5.82 Å². The number of anilines is 2. The molecule has 2 aromatic rings. The van der Waals surface area contributed by atoms with Gasteiger partial charge in [-0.1, -0.05) is 24.3 Å². The highest BCUT2D eigenvalue weighted by molar-refractivity contribution is 6.32. The summed E-state index contributed by atoms with van der Waals surface area (Å²) >= 11 is 6.51. The number of aliphatic hydroxyl groups excluding tert-OH is 1. The zero-order chi connectivity index (χ0) is 25.2. The second kappa shape index (κ2) is 8.34. The number of hydrogen-bond acceptors (Lipinski definition) is 5. The summed E-state index contributed by atoms with van der Waals surface area (Å²) in [5.74, 6) is -2.95. The van der Waals surface area contributed by atoms with E-state index in [1.807, 2.05) is 11.8 Å². The van der Waals surface area contributed by atoms with Gasteiger partial charge in [-0.25, -0.2) is 8.78 Å². The number of hydrogen-bond donors (Lipinski definition) is 1. The van der Waals surface area contributed by atoms with E-state index in [1.54, 1.807) is 11.9 Å². The van der Waals surface area contributed by atoms with Crippen molar-refractivity contribution in [1.29, 1.82) is 0 Å². The minimum Gasteiger partial charge on any atom is -0.512 e. The first kappa shape index (κ1) is 23.3. The molecule has 0 bridgehead atoms. The lowest BCUT2D eigenvalue weighted by Gasteiger charge is -2.50. The Morgan fingerprint density at radius 2 is 2.11 bits per heavy atom. The van der Waals surface area contributed by atoms with Crippen LogP contribution in [0.2, 0.25) is 5.02 Å². The number of aromatic nitrogens is 1. The molecule has 2 aliphatic heterocycles. The highest BCUT2D eigenvalue weighted by atomic mass is 35.5. The Labute approximate surface area is 205 Å². The molecule has 5 rings (SSSR count). The van der Waals surface area contributed by atoms with Gasteiger partial charge in [-0.2, -0.15) is 0 Å². The van der Waals surface area contributed by atoms with Gasteiger partial charge in [0.15, 0.2) is 5.82 Å². The van der Waals surface area contributed by atoms with Crippen LogP contribution in [0.1, 0.15) is 18.4 Å². The number of allylic oxidation sites excluding steroid dienone is 4. The van der Waals surface area contributed by atoms with Crippen LogP contribution in [0.3, 0.4) is 0 Å². The van der Waals surface area contributed by atoms with Gasteiger partial charge >= 0.3 is 0 Å². The minimum atomic E-state index is -1.66. The summed E-state index contributed by atoms with van der Waals surface area (Å²) in [7, 11) is 1.60. The average molecular weight is 501 g/mol. The molecule has 1 saturated heterocycles. The molecule has 4 atom stereocenters. The van der Waals surface area contributed by atoms with E-state index >= 15 is 4.39 Å². The van der Waals surface area contributed by atoms with Crippen molar-refractivity contribution in [2.45, 2.75) is 31.1 Å². The minimum absolute atomic E-state index is 0.0450. The predicted molar refractivity (Wildman–Crippen MR) is 130 cm³/mol. The molecule has 3 aliphatic rings. The summed E-state index contributed by atoms with van der Waals surface area (Å²) in [6.07, 6.45) is 4.85. The maximum atomic E-state index is 15.9. The fourth-order valence-corrected chi connectivity index (χ4v) is 5.54. The number of likely N-dealkylation sites (N-methyl/N-ethyl adjacent to an activating group) is 1. The van der Waals surface area contributed by atoms with Gasteiger partial charge in [0.2, 0.25) is 5.91 Å². The summed E-state index contributed by atoms with van der Waals surface area (Å²) < 4.78 is 30.6. The molecule has 35 heavy (non-hydrogen) atoms. The van der Waals surface area contributed by atoms with Crippen LogP contribution in [0.25, 0.3) is 10.9 Å². The van der Waals surface area contributed by atoms with Gasteiger partial charge in [0, 0.05) is 35.6 Å². The molecule has 1 aromatic heterocycles. The van der Waals surface area contributed by atoms with Crippen molar-refractivity contribution in [3.63, 3.8) is 0 Å².